The van der Waals surface area contributed by atoms with Gasteiger partial charge in [0, 0.05) is 33.2 Å². The van der Waals surface area contributed by atoms with Crippen LogP contribution in [-0.4, -0.2) is 68.1 Å². The molecular weight excluding hydrogens is 368 g/mol. The molecule has 0 spiro atoms. The number of hydrogen-bond acceptors (Lipinski definition) is 4. The summed E-state index contributed by atoms with van der Waals surface area (Å²) in [6.45, 7) is 3.69. The largest absolute Gasteiger partial charge is 0.497 e. The van der Waals surface area contributed by atoms with E-state index in [1.165, 1.54) is 7.11 Å². The Morgan fingerprint density at radius 3 is 2.48 bits per heavy atom. The molecule has 6 nitrogen and oxygen atoms in total. The minimum Gasteiger partial charge on any atom is -0.497 e. The summed E-state index contributed by atoms with van der Waals surface area (Å²) in [5, 5.41) is 0. The lowest BCUT2D eigenvalue weighted by molar-refractivity contribution is -0.153. The maximum atomic E-state index is 13.0. The highest BCUT2D eigenvalue weighted by Crippen LogP contribution is 2.25. The summed E-state index contributed by atoms with van der Waals surface area (Å²) in [6, 6.07) is 15.5. The van der Waals surface area contributed by atoms with Crippen LogP contribution in [-0.2, 0) is 20.7 Å². The number of piperazine rings is 1. The number of rotatable bonds is 7. The van der Waals surface area contributed by atoms with E-state index < -0.39 is 6.04 Å². The summed E-state index contributed by atoms with van der Waals surface area (Å²) in [4.78, 5) is 29.0. The van der Waals surface area contributed by atoms with Crippen molar-refractivity contribution in [3.05, 3.63) is 54.1 Å². The zero-order valence-electron chi connectivity index (χ0n) is 17.3. The second kappa shape index (κ2) is 9.56. The van der Waals surface area contributed by atoms with E-state index in [0.29, 0.717) is 26.1 Å². The maximum absolute atomic E-state index is 13.0. The Balaban J connectivity index is 1.84. The van der Waals surface area contributed by atoms with Crippen LogP contribution >= 0.6 is 0 Å². The topological polar surface area (TPSA) is 59.1 Å². The van der Waals surface area contributed by atoms with Gasteiger partial charge < -0.3 is 19.3 Å². The molecule has 1 heterocycles. The Morgan fingerprint density at radius 1 is 1.07 bits per heavy atom. The van der Waals surface area contributed by atoms with E-state index in [0.717, 1.165) is 22.4 Å². The van der Waals surface area contributed by atoms with Crippen LogP contribution in [0.3, 0.4) is 0 Å². The molecule has 0 bridgehead atoms. The third-order valence-electron chi connectivity index (χ3n) is 5.33. The van der Waals surface area contributed by atoms with Crippen molar-refractivity contribution >= 4 is 11.8 Å². The van der Waals surface area contributed by atoms with E-state index in [1.54, 1.807) is 12.0 Å². The zero-order valence-corrected chi connectivity index (χ0v) is 17.3. The first-order valence-corrected chi connectivity index (χ1v) is 9.88. The number of methoxy groups -OCH3 is 2. The summed E-state index contributed by atoms with van der Waals surface area (Å²) in [5.74, 6) is 0.663. The Hall–Kier alpha value is -2.86. The molecule has 1 aliphatic rings. The van der Waals surface area contributed by atoms with Crippen molar-refractivity contribution in [3.8, 4) is 16.9 Å². The first-order chi connectivity index (χ1) is 14.1. The molecule has 0 unspecified atom stereocenters. The molecular formula is C23H28N2O4. The molecule has 154 valence electrons. The minimum absolute atomic E-state index is 0.00180. The predicted octanol–water partition coefficient (Wildman–Crippen LogP) is 2.61. The highest BCUT2D eigenvalue weighted by Gasteiger charge is 2.36. The average Bonchev–Trinajstić information content (AvgIpc) is 2.75. The second-order valence-electron chi connectivity index (χ2n) is 7.09. The molecule has 29 heavy (non-hydrogen) atoms. The molecule has 1 saturated heterocycles. The Labute approximate surface area is 172 Å². The number of carbonyl (C=O) groups excluding carboxylic acids is 2. The lowest BCUT2D eigenvalue weighted by Gasteiger charge is -2.40. The molecule has 2 aromatic carbocycles. The summed E-state index contributed by atoms with van der Waals surface area (Å²) >= 11 is 0. The molecule has 3 rings (SSSR count). The van der Waals surface area contributed by atoms with Gasteiger partial charge in [-0.15, -0.1) is 0 Å². The fourth-order valence-electron chi connectivity index (χ4n) is 3.74. The molecule has 0 saturated carbocycles. The van der Waals surface area contributed by atoms with Crippen LogP contribution < -0.4 is 4.74 Å². The van der Waals surface area contributed by atoms with Gasteiger partial charge in [0.05, 0.1) is 7.11 Å². The molecule has 0 aliphatic carbocycles. The van der Waals surface area contributed by atoms with Gasteiger partial charge in [0.1, 0.15) is 18.4 Å². The number of hydrogen-bond donors (Lipinski definition) is 0. The monoisotopic (exact) mass is 396 g/mol. The predicted molar refractivity (Wildman–Crippen MR) is 112 cm³/mol. The first kappa shape index (κ1) is 20.9. The highest BCUT2D eigenvalue weighted by atomic mass is 16.5. The SMILES string of the molecule is CCN1CCN(C(=O)COC)[C@H](Cc2cccc(-c3ccc(OC)cc3)c2)C1=O. The number of nitrogens with zero attached hydrogens (tertiary/aromatic N) is 2. The lowest BCUT2D eigenvalue weighted by atomic mass is 9.97. The van der Waals surface area contributed by atoms with E-state index in [2.05, 4.69) is 6.07 Å². The maximum Gasteiger partial charge on any atom is 0.249 e. The van der Waals surface area contributed by atoms with Crippen LogP contribution in [0.5, 0.6) is 5.75 Å². The number of amides is 2. The Bertz CT molecular complexity index is 850. The summed E-state index contributed by atoms with van der Waals surface area (Å²) < 4.78 is 10.2. The van der Waals surface area contributed by atoms with Gasteiger partial charge in [0.25, 0.3) is 0 Å². The number of likely N-dealkylation sites (N-methyl/N-ethyl adjacent to an activating group) is 1. The van der Waals surface area contributed by atoms with Gasteiger partial charge in [-0.1, -0.05) is 36.4 Å². The third-order valence-corrected chi connectivity index (χ3v) is 5.33. The van der Waals surface area contributed by atoms with E-state index in [-0.39, 0.29) is 18.4 Å². The standard InChI is InChI=1S/C23H28N2O4/c1-4-24-12-13-25(22(26)16-28-2)21(23(24)27)15-17-6-5-7-19(14-17)18-8-10-20(29-3)11-9-18/h5-11,14,21H,4,12-13,15-16H2,1-3H3/t21-/m1/s1. The van der Waals surface area contributed by atoms with Gasteiger partial charge >= 0.3 is 0 Å². The van der Waals surface area contributed by atoms with E-state index >= 15 is 0 Å². The van der Waals surface area contributed by atoms with Crippen molar-refractivity contribution in [2.75, 3.05) is 40.5 Å². The quantitative estimate of drug-likeness (QED) is 0.722. The van der Waals surface area contributed by atoms with Crippen molar-refractivity contribution in [2.45, 2.75) is 19.4 Å². The summed E-state index contributed by atoms with van der Waals surface area (Å²) in [5.41, 5.74) is 3.16. The lowest BCUT2D eigenvalue weighted by Crippen LogP contribution is -2.60. The van der Waals surface area contributed by atoms with Gasteiger partial charge in [0.2, 0.25) is 11.8 Å². The number of ether oxygens (including phenoxy) is 2. The smallest absolute Gasteiger partial charge is 0.249 e. The summed E-state index contributed by atoms with van der Waals surface area (Å²) in [7, 11) is 3.14. The third kappa shape index (κ3) is 4.77. The molecule has 6 heteroatoms. The van der Waals surface area contributed by atoms with E-state index in [9.17, 15) is 9.59 Å². The van der Waals surface area contributed by atoms with Crippen LogP contribution in [0.25, 0.3) is 11.1 Å². The first-order valence-electron chi connectivity index (χ1n) is 9.88. The molecule has 0 aromatic heterocycles. The van der Waals surface area contributed by atoms with Crippen molar-refractivity contribution < 1.29 is 19.1 Å². The number of benzene rings is 2. The molecule has 1 fully saturated rings. The van der Waals surface area contributed by atoms with Crippen LogP contribution in [0.2, 0.25) is 0 Å². The van der Waals surface area contributed by atoms with Gasteiger partial charge in [-0.3, -0.25) is 9.59 Å². The van der Waals surface area contributed by atoms with Crippen LogP contribution in [0.1, 0.15) is 12.5 Å². The average molecular weight is 396 g/mol. The zero-order chi connectivity index (χ0) is 20.8. The normalized spacial score (nSPS) is 16.8. The van der Waals surface area contributed by atoms with E-state index in [4.69, 9.17) is 9.47 Å². The molecule has 2 aromatic rings. The second-order valence-corrected chi connectivity index (χ2v) is 7.09. The van der Waals surface area contributed by atoms with E-state index in [1.807, 2.05) is 54.3 Å². The Kier molecular flexibility index (Phi) is 6.88. The van der Waals surface area contributed by atoms with Crippen molar-refractivity contribution in [1.29, 1.82) is 0 Å². The van der Waals surface area contributed by atoms with Crippen LogP contribution in [0.15, 0.2) is 48.5 Å². The van der Waals surface area contributed by atoms with Crippen molar-refractivity contribution in [3.63, 3.8) is 0 Å². The minimum atomic E-state index is -0.502. The van der Waals surface area contributed by atoms with Gasteiger partial charge in [0.15, 0.2) is 0 Å². The molecule has 2 amide bonds. The van der Waals surface area contributed by atoms with Gasteiger partial charge in [-0.05, 0) is 35.7 Å². The molecule has 0 radical (unpaired) electrons. The summed E-state index contributed by atoms with van der Waals surface area (Å²) in [6.07, 6.45) is 0.481. The highest BCUT2D eigenvalue weighted by molar-refractivity contribution is 5.89. The van der Waals surface area contributed by atoms with Crippen LogP contribution in [0.4, 0.5) is 0 Å². The number of carbonyl (C=O) groups is 2. The fraction of sp³-hybridized carbons (Fsp3) is 0.391. The van der Waals surface area contributed by atoms with Gasteiger partial charge in [-0.2, -0.15) is 0 Å². The fourth-order valence-corrected chi connectivity index (χ4v) is 3.74. The Morgan fingerprint density at radius 2 is 1.83 bits per heavy atom. The van der Waals surface area contributed by atoms with Gasteiger partial charge in [-0.25, -0.2) is 0 Å². The molecule has 1 atom stereocenters. The van der Waals surface area contributed by atoms with Crippen LogP contribution in [0, 0.1) is 0 Å². The molecule has 0 N–H and O–H groups in total. The van der Waals surface area contributed by atoms with Crippen molar-refractivity contribution in [1.82, 2.24) is 9.80 Å². The van der Waals surface area contributed by atoms with Crippen molar-refractivity contribution in [2.24, 2.45) is 0 Å². The molecule has 1 aliphatic heterocycles.